The predicted molar refractivity (Wildman–Crippen MR) is 101 cm³/mol. The minimum absolute atomic E-state index is 0.338. The van der Waals surface area contributed by atoms with E-state index in [1.807, 2.05) is 30.5 Å². The van der Waals surface area contributed by atoms with Crippen molar-refractivity contribution in [2.24, 2.45) is 0 Å². The number of hydrogen-bond donors (Lipinski definition) is 0. The van der Waals surface area contributed by atoms with Crippen LogP contribution in [0.1, 0.15) is 16.8 Å². The lowest BCUT2D eigenvalue weighted by Crippen LogP contribution is -2.23. The van der Waals surface area contributed by atoms with Crippen molar-refractivity contribution in [1.82, 2.24) is 4.98 Å². The number of hydrogen-bond acceptors (Lipinski definition) is 3. The van der Waals surface area contributed by atoms with Crippen LogP contribution in [0.25, 0.3) is 6.08 Å². The average molecular weight is 388 g/mol. The lowest BCUT2D eigenvalue weighted by Gasteiger charge is -2.18. The Kier molecular flexibility index (Phi) is 5.41. The third-order valence-electron chi connectivity index (χ3n) is 3.69. The van der Waals surface area contributed by atoms with Crippen LogP contribution in [-0.4, -0.2) is 10.9 Å². The summed E-state index contributed by atoms with van der Waals surface area (Å²) in [5.74, 6) is -0.338. The fraction of sp³-hybridized carbons (Fsp3) is 0.100. The van der Waals surface area contributed by atoms with Gasteiger partial charge in [0.15, 0.2) is 5.13 Å². The number of amides is 1. The summed E-state index contributed by atoms with van der Waals surface area (Å²) in [6, 6.07) is 13.7. The van der Waals surface area contributed by atoms with Gasteiger partial charge in [-0.25, -0.2) is 4.98 Å². The van der Waals surface area contributed by atoms with Gasteiger partial charge >= 0.3 is 6.18 Å². The van der Waals surface area contributed by atoms with Crippen molar-refractivity contribution in [3.05, 3.63) is 82.9 Å². The Bertz CT molecular complexity index is 947. The molecule has 0 saturated carbocycles. The molecule has 7 heteroatoms. The Morgan fingerprint density at radius 3 is 2.30 bits per heavy atom. The van der Waals surface area contributed by atoms with E-state index in [0.29, 0.717) is 16.4 Å². The van der Waals surface area contributed by atoms with E-state index in [-0.39, 0.29) is 5.91 Å². The number of aromatic nitrogens is 1. The van der Waals surface area contributed by atoms with Gasteiger partial charge in [0.2, 0.25) is 0 Å². The molecule has 0 spiro atoms. The van der Waals surface area contributed by atoms with Crippen LogP contribution in [0.15, 0.2) is 66.1 Å². The van der Waals surface area contributed by atoms with Crippen molar-refractivity contribution in [1.29, 1.82) is 0 Å². The lowest BCUT2D eigenvalue weighted by atomic mass is 10.1. The number of benzene rings is 2. The number of alkyl halides is 3. The lowest BCUT2D eigenvalue weighted by molar-refractivity contribution is -0.137. The molecule has 0 unspecified atom stereocenters. The monoisotopic (exact) mass is 388 g/mol. The zero-order valence-corrected chi connectivity index (χ0v) is 15.1. The number of nitrogens with zero attached hydrogens (tertiary/aromatic N) is 2. The summed E-state index contributed by atoms with van der Waals surface area (Å²) < 4.78 is 37.9. The average Bonchev–Trinajstić information content (AvgIpc) is 3.06. The van der Waals surface area contributed by atoms with Gasteiger partial charge in [0.25, 0.3) is 5.91 Å². The van der Waals surface area contributed by atoms with Crippen LogP contribution < -0.4 is 4.90 Å². The molecule has 138 valence electrons. The molecule has 0 N–H and O–H groups in total. The van der Waals surface area contributed by atoms with Crippen LogP contribution in [0.3, 0.4) is 0 Å². The maximum absolute atomic E-state index is 12.8. The van der Waals surface area contributed by atoms with Gasteiger partial charge in [-0.1, -0.05) is 30.3 Å². The molecule has 1 heterocycles. The molecule has 3 nitrogen and oxygen atoms in total. The van der Waals surface area contributed by atoms with Crippen LogP contribution in [0.5, 0.6) is 0 Å². The molecule has 0 fully saturated rings. The summed E-state index contributed by atoms with van der Waals surface area (Å²) in [6.07, 6.45) is -1.57. The number of aryl methyl sites for hydroxylation is 1. The van der Waals surface area contributed by atoms with E-state index < -0.39 is 11.7 Å². The number of carbonyl (C=O) groups is 1. The fourth-order valence-corrected chi connectivity index (χ4v) is 3.20. The Balaban J connectivity index is 1.85. The highest BCUT2D eigenvalue weighted by molar-refractivity contribution is 7.14. The highest BCUT2D eigenvalue weighted by Crippen LogP contribution is 2.30. The Labute approximate surface area is 158 Å². The van der Waals surface area contributed by atoms with Crippen molar-refractivity contribution in [2.75, 3.05) is 4.90 Å². The summed E-state index contributed by atoms with van der Waals surface area (Å²) >= 11 is 1.34. The molecule has 0 radical (unpaired) electrons. The first-order chi connectivity index (χ1) is 12.8. The van der Waals surface area contributed by atoms with Gasteiger partial charge in [-0.05, 0) is 42.8 Å². The second-order valence-electron chi connectivity index (χ2n) is 5.73. The molecule has 0 bridgehead atoms. The standard InChI is InChI=1S/C20H15F3N2OS/c1-14-13-27-19(24-14)25(17-5-3-2-4-6-17)18(26)12-9-15-7-10-16(11-8-15)20(21,22)23/h2-13H,1H3/b12-9+. The Morgan fingerprint density at radius 2 is 1.74 bits per heavy atom. The molecular weight excluding hydrogens is 373 g/mol. The molecule has 0 aliphatic rings. The van der Waals surface area contributed by atoms with E-state index in [9.17, 15) is 18.0 Å². The van der Waals surface area contributed by atoms with Gasteiger partial charge in [0.05, 0.1) is 16.9 Å². The molecule has 2 aromatic carbocycles. The largest absolute Gasteiger partial charge is 0.416 e. The molecule has 1 aromatic heterocycles. The molecule has 1 amide bonds. The van der Waals surface area contributed by atoms with E-state index in [4.69, 9.17) is 0 Å². The van der Waals surface area contributed by atoms with Crippen LogP contribution in [0.4, 0.5) is 24.0 Å². The third-order valence-corrected chi connectivity index (χ3v) is 4.63. The molecule has 0 saturated heterocycles. The summed E-state index contributed by atoms with van der Waals surface area (Å²) in [7, 11) is 0. The van der Waals surface area contributed by atoms with Gasteiger partial charge in [-0.15, -0.1) is 11.3 Å². The van der Waals surface area contributed by atoms with E-state index in [0.717, 1.165) is 17.8 Å². The second kappa shape index (κ2) is 7.75. The van der Waals surface area contributed by atoms with Crippen LogP contribution in [0.2, 0.25) is 0 Å². The minimum atomic E-state index is -4.38. The first-order valence-corrected chi connectivity index (χ1v) is 8.89. The number of rotatable bonds is 4. The zero-order valence-electron chi connectivity index (χ0n) is 14.3. The number of para-hydroxylation sites is 1. The smallest absolute Gasteiger partial charge is 0.269 e. The van der Waals surface area contributed by atoms with Gasteiger partial charge in [0, 0.05) is 11.5 Å². The van der Waals surface area contributed by atoms with Crippen molar-refractivity contribution in [2.45, 2.75) is 13.1 Å². The van der Waals surface area contributed by atoms with E-state index in [2.05, 4.69) is 4.98 Å². The van der Waals surface area contributed by atoms with E-state index >= 15 is 0 Å². The Morgan fingerprint density at radius 1 is 1.07 bits per heavy atom. The SMILES string of the molecule is Cc1csc(N(C(=O)/C=C/c2ccc(C(F)(F)F)cc2)c2ccccc2)n1. The van der Waals surface area contributed by atoms with Gasteiger partial charge in [0.1, 0.15) is 0 Å². The zero-order chi connectivity index (χ0) is 19.4. The predicted octanol–water partition coefficient (Wildman–Crippen LogP) is 5.85. The first kappa shape index (κ1) is 18.8. The third kappa shape index (κ3) is 4.62. The summed E-state index contributed by atoms with van der Waals surface area (Å²) in [5, 5.41) is 2.37. The van der Waals surface area contributed by atoms with Gasteiger partial charge < -0.3 is 0 Å². The highest BCUT2D eigenvalue weighted by Gasteiger charge is 2.29. The molecule has 27 heavy (non-hydrogen) atoms. The van der Waals surface area contributed by atoms with Crippen molar-refractivity contribution in [3.63, 3.8) is 0 Å². The fourth-order valence-electron chi connectivity index (χ4n) is 2.38. The second-order valence-corrected chi connectivity index (χ2v) is 6.57. The number of carbonyl (C=O) groups excluding carboxylic acids is 1. The van der Waals surface area contributed by atoms with Gasteiger partial charge in [-0.3, -0.25) is 9.69 Å². The molecule has 0 aliphatic carbocycles. The van der Waals surface area contributed by atoms with Crippen molar-refractivity contribution >= 4 is 34.1 Å². The van der Waals surface area contributed by atoms with Gasteiger partial charge in [-0.2, -0.15) is 13.2 Å². The summed E-state index contributed by atoms with van der Waals surface area (Å²) in [4.78, 5) is 18.6. The van der Waals surface area contributed by atoms with Crippen LogP contribution in [0, 0.1) is 6.92 Å². The first-order valence-electron chi connectivity index (χ1n) is 8.01. The van der Waals surface area contributed by atoms with E-state index in [1.165, 1.54) is 40.5 Å². The molecule has 3 rings (SSSR count). The topological polar surface area (TPSA) is 33.2 Å². The normalized spacial score (nSPS) is 11.7. The number of halogens is 3. The van der Waals surface area contributed by atoms with Crippen molar-refractivity contribution < 1.29 is 18.0 Å². The summed E-state index contributed by atoms with van der Waals surface area (Å²) in [6.45, 7) is 1.84. The van der Waals surface area contributed by atoms with Crippen molar-refractivity contribution in [3.8, 4) is 0 Å². The maximum atomic E-state index is 12.8. The minimum Gasteiger partial charge on any atom is -0.269 e. The maximum Gasteiger partial charge on any atom is 0.416 e. The molecule has 0 aliphatic heterocycles. The summed E-state index contributed by atoms with van der Waals surface area (Å²) in [5.41, 5.74) is 1.24. The van der Waals surface area contributed by atoms with E-state index in [1.54, 1.807) is 12.1 Å². The number of thiazole rings is 1. The highest BCUT2D eigenvalue weighted by atomic mass is 32.1. The van der Waals surface area contributed by atoms with Crippen LogP contribution in [-0.2, 0) is 11.0 Å². The number of anilines is 2. The van der Waals surface area contributed by atoms with Crippen LogP contribution >= 0.6 is 11.3 Å². The quantitative estimate of drug-likeness (QED) is 0.526. The Hall–Kier alpha value is -2.93. The molecule has 3 aromatic rings. The molecular formula is C20H15F3N2OS. The molecule has 0 atom stereocenters.